The molecule has 0 bridgehead atoms. The van der Waals surface area contributed by atoms with Gasteiger partial charge in [0.1, 0.15) is 30.2 Å². The number of amides is 5. The van der Waals surface area contributed by atoms with E-state index in [9.17, 15) is 43.2 Å². The number of carbonyl (C=O) groups is 9. The van der Waals surface area contributed by atoms with E-state index < -0.39 is 73.2 Å². The van der Waals surface area contributed by atoms with Gasteiger partial charge in [0.05, 0.1) is 40.1 Å². The summed E-state index contributed by atoms with van der Waals surface area (Å²) in [7, 11) is 2.71. The summed E-state index contributed by atoms with van der Waals surface area (Å²) in [4.78, 5) is 97.8. The summed E-state index contributed by atoms with van der Waals surface area (Å²) in [5, 5.41) is 54.6. The van der Waals surface area contributed by atoms with E-state index >= 15 is 0 Å². The molecule has 0 aliphatic rings. The molecule has 85 heavy (non-hydrogen) atoms. The van der Waals surface area contributed by atoms with Crippen molar-refractivity contribution < 1.29 is 130 Å². The molecule has 0 saturated heterocycles. The predicted octanol–water partition coefficient (Wildman–Crippen LogP) is -0.664. The van der Waals surface area contributed by atoms with Gasteiger partial charge < -0.3 is 89.3 Å². The van der Waals surface area contributed by atoms with Gasteiger partial charge in [0, 0.05) is 83.4 Å². The van der Waals surface area contributed by atoms with E-state index in [-0.39, 0.29) is 78.2 Å². The molecule has 4 rings (SSSR count). The summed E-state index contributed by atoms with van der Waals surface area (Å²) in [6, 6.07) is 34.1. The Balaban J connectivity index is -0.000000170. The van der Waals surface area contributed by atoms with Crippen LogP contribution >= 0.6 is 35.0 Å². The first-order chi connectivity index (χ1) is 39.5. The van der Waals surface area contributed by atoms with Crippen molar-refractivity contribution in [2.45, 2.75) is 84.1 Å². The number of hydrogen-bond acceptors (Lipinski definition) is 21. The van der Waals surface area contributed by atoms with Gasteiger partial charge in [0.2, 0.25) is 29.5 Å². The number of carboxylic acids is 1. The Labute approximate surface area is 543 Å². The first kappa shape index (κ1) is 93.0. The molecule has 1 radical (unpaired) electrons. The van der Waals surface area contributed by atoms with Crippen molar-refractivity contribution in [2.24, 2.45) is 22.9 Å². The fourth-order valence-corrected chi connectivity index (χ4v) is 4.97. The monoisotopic (exact) mass is 1520 g/mol. The quantitative estimate of drug-likeness (QED) is 0.0172. The number of carboxylic acid groups (broad SMARTS) is 1. The maximum absolute atomic E-state index is 11.8. The van der Waals surface area contributed by atoms with Crippen molar-refractivity contribution in [3.05, 3.63) is 144 Å². The van der Waals surface area contributed by atoms with Gasteiger partial charge in [-0.1, -0.05) is 144 Å². The first-order valence-corrected chi connectivity index (χ1v) is 27.1. The second-order valence-electron chi connectivity index (χ2n) is 15.8. The number of aliphatic carboxylic acids is 1. The molecule has 0 unspecified atom stereocenters. The van der Waals surface area contributed by atoms with Crippen LogP contribution in [0.3, 0.4) is 0 Å². The second kappa shape index (κ2) is 64.3. The molecule has 18 N–H and O–H groups in total. The SMILES string of the molecule is CC(=O)N[C@H](CO)C(=O)NCc1ccccc1.CC(=O)OC(C)=O.CI.COC(=O)[C@H](N)CO.COC[C@@H](NC(C)=O)C(=O)NCc1ccccc1.Cl.NCc1ccccc1.N[C@H](CO)C(=O)NCc1ccccc1.N[C@H](CO)C(=O)O.[Ag].[O]=[Ag]. The molecule has 0 aliphatic carbocycles. The number of methoxy groups -OCH3 is 2. The Morgan fingerprint density at radius 3 is 1.02 bits per heavy atom. The number of aliphatic hydroxyl groups is 4. The van der Waals surface area contributed by atoms with Gasteiger partial charge in [-0.25, -0.2) is 0 Å². The number of ether oxygens (including phenoxy) is 3. The summed E-state index contributed by atoms with van der Waals surface area (Å²) < 4.78 is 21.1. The molecule has 488 valence electrons. The molecular weight excluding hydrogens is 1440 g/mol. The number of nitrogens with one attached hydrogen (secondary N) is 5. The van der Waals surface area contributed by atoms with Crippen LogP contribution in [0.5, 0.6) is 0 Å². The number of esters is 3. The molecule has 0 heterocycles. The van der Waals surface area contributed by atoms with Crippen molar-refractivity contribution >= 4 is 88.4 Å². The third kappa shape index (κ3) is 58.4. The van der Waals surface area contributed by atoms with Crippen LogP contribution in [0.1, 0.15) is 49.9 Å². The third-order valence-corrected chi connectivity index (χ3v) is 8.95. The van der Waals surface area contributed by atoms with E-state index in [4.69, 9.17) is 56.5 Å². The Hall–Kier alpha value is -5.75. The standard InChI is InChI=1S/C13H18N2O3.C12H16N2O3.C10H14N2O2.C7H9N.C4H9NO3.C4H6O3.C3H7NO3.CH3I.2Ag.ClH.O/c1-10(16)15-12(9-18-2)13(17)14-8-11-6-4-3-5-7-11;1-9(16)14-11(8-15)12(17)13-7-10-5-3-2-4-6-10;11-9(7-13)10(14)12-6-8-4-2-1-3-5-8;8-6-7-4-2-1-3-5-7;1-8-4(7)3(5)2-6;1-3(5)7-4(2)6;4-2(1-5)3(6)7;1-2;;;;/h3-7,12H,8-9H2,1-2H3,(H,14,17)(H,15,16);2-6,11,15H,7-8H2,1H3,(H,13,17)(H,14,16);1-5,9,13H,6-7,11H2,(H,12,14);1-5H,6,8H2;3,6H,2,5H2,1H3;1-2H3;2,5H,1,4H2,(H,6,7);1H3;;;1H;/t12-;11-;9-;;3-;;2-;;;;;/m111.1.1...../s1. The normalized spacial score (nSPS) is 10.8. The van der Waals surface area contributed by atoms with Gasteiger partial charge >= 0.3 is 48.2 Å². The Morgan fingerprint density at radius 1 is 0.506 bits per heavy atom. The van der Waals surface area contributed by atoms with E-state index in [2.05, 4.69) is 58.6 Å². The van der Waals surface area contributed by atoms with Crippen LogP contribution in [0, 0.1) is 0 Å². The van der Waals surface area contributed by atoms with Gasteiger partial charge in [0.15, 0.2) is 0 Å². The summed E-state index contributed by atoms with van der Waals surface area (Å²) in [6.45, 7) is 5.44. The van der Waals surface area contributed by atoms with E-state index in [1.807, 2.05) is 126 Å². The molecule has 0 aliphatic heterocycles. The van der Waals surface area contributed by atoms with Crippen molar-refractivity contribution in [3.63, 3.8) is 0 Å². The van der Waals surface area contributed by atoms with Gasteiger partial charge in [-0.05, 0) is 27.2 Å². The summed E-state index contributed by atoms with van der Waals surface area (Å²) in [5.41, 5.74) is 24.6. The number of benzene rings is 4. The molecule has 4 aromatic rings. The number of carbonyl (C=O) groups excluding carboxylic acids is 8. The number of alkyl halides is 1. The van der Waals surface area contributed by atoms with E-state index in [1.165, 1.54) is 47.5 Å². The van der Waals surface area contributed by atoms with Crippen molar-refractivity contribution in [3.8, 4) is 0 Å². The minimum atomic E-state index is -1.18. The van der Waals surface area contributed by atoms with Crippen LogP contribution in [0.15, 0.2) is 121 Å². The number of rotatable bonds is 20. The molecule has 5 atom stereocenters. The minimum absolute atomic E-state index is 0. The predicted molar refractivity (Wildman–Crippen MR) is 319 cm³/mol. The molecular formula is C54H83Ag2ClIN9O18. The average Bonchev–Trinajstić information content (AvgIpc) is 3.52. The Kier molecular flexibility index (Phi) is 70.3. The average molecular weight is 1520 g/mol. The molecule has 5 amide bonds. The topological polar surface area (TPSA) is 464 Å². The number of aliphatic hydroxyl groups excluding tert-OH is 4. The van der Waals surface area contributed by atoms with Crippen LogP contribution < -0.4 is 49.5 Å². The maximum atomic E-state index is 11.8. The summed E-state index contributed by atoms with van der Waals surface area (Å²) in [5.74, 6) is -4.49. The zero-order valence-corrected chi connectivity index (χ0v) is 54.0. The summed E-state index contributed by atoms with van der Waals surface area (Å²) in [6.07, 6.45) is 0. The second-order valence-corrected chi connectivity index (χ2v) is 15.8. The first-order valence-electron chi connectivity index (χ1n) is 24.4. The fourth-order valence-electron chi connectivity index (χ4n) is 4.97. The molecule has 0 aromatic heterocycles. The molecule has 4 aromatic carbocycles. The van der Waals surface area contributed by atoms with Gasteiger partial charge in [-0.2, -0.15) is 0 Å². The van der Waals surface area contributed by atoms with Crippen LogP contribution in [-0.4, -0.2) is 161 Å². The van der Waals surface area contributed by atoms with E-state index in [1.54, 1.807) is 21.0 Å². The summed E-state index contributed by atoms with van der Waals surface area (Å²) >= 11 is 3.85. The molecule has 0 fully saturated rings. The van der Waals surface area contributed by atoms with Crippen molar-refractivity contribution in [1.82, 2.24) is 26.6 Å². The van der Waals surface area contributed by atoms with E-state index in [0.29, 0.717) is 26.2 Å². The molecule has 0 spiro atoms. The number of nitrogens with two attached hydrogens (primary N) is 4. The zero-order chi connectivity index (χ0) is 64.6. The Morgan fingerprint density at radius 2 is 0.812 bits per heavy atom. The zero-order valence-electron chi connectivity index (χ0n) is 48.0. The van der Waals surface area contributed by atoms with Gasteiger partial charge in [-0.15, -0.1) is 12.4 Å². The van der Waals surface area contributed by atoms with Crippen molar-refractivity contribution in [1.29, 1.82) is 0 Å². The third-order valence-electron chi connectivity index (χ3n) is 8.95. The van der Waals surface area contributed by atoms with Crippen LogP contribution in [-0.2, 0) is 130 Å². The van der Waals surface area contributed by atoms with E-state index in [0.717, 1.165) is 16.7 Å². The van der Waals surface area contributed by atoms with Crippen molar-refractivity contribution in [2.75, 3.05) is 52.2 Å². The van der Waals surface area contributed by atoms with Crippen LogP contribution in [0.4, 0.5) is 0 Å². The fraction of sp³-hybridized carbons (Fsp3) is 0.389. The number of hydrogen-bond donors (Lipinski definition) is 14. The van der Waals surface area contributed by atoms with Gasteiger partial charge in [0.25, 0.3) is 0 Å². The van der Waals surface area contributed by atoms with Crippen LogP contribution in [0.2, 0.25) is 0 Å². The molecule has 31 heteroatoms. The van der Waals surface area contributed by atoms with Gasteiger partial charge in [-0.3, -0.25) is 43.2 Å². The molecule has 27 nitrogen and oxygen atoms in total. The van der Waals surface area contributed by atoms with Crippen LogP contribution in [0.25, 0.3) is 0 Å². The number of halogens is 2. The molecule has 0 saturated carbocycles. The Bertz CT molecular complexity index is 2340.